The molecule has 0 saturated carbocycles. The van der Waals surface area contributed by atoms with E-state index in [4.69, 9.17) is 9.47 Å². The molecule has 0 N–H and O–H groups in total. The molecule has 0 amide bonds. The maximum atomic E-state index is 5.92. The van der Waals surface area contributed by atoms with Gasteiger partial charge in [-0.25, -0.2) is 0 Å². The number of ether oxygens (including phenoxy) is 2. The van der Waals surface area contributed by atoms with Crippen molar-refractivity contribution in [1.82, 2.24) is 0 Å². The van der Waals surface area contributed by atoms with Crippen LogP contribution in [0.2, 0.25) is 0 Å². The molecule has 0 aliphatic carbocycles. The molecule has 1 fully saturated rings. The van der Waals surface area contributed by atoms with E-state index >= 15 is 0 Å². The van der Waals surface area contributed by atoms with Crippen molar-refractivity contribution in [3.05, 3.63) is 133 Å². The predicted molar refractivity (Wildman–Crippen MR) is 180 cm³/mol. The van der Waals surface area contributed by atoms with Crippen molar-refractivity contribution in [3.63, 3.8) is 0 Å². The van der Waals surface area contributed by atoms with Crippen molar-refractivity contribution in [2.45, 2.75) is 47.3 Å². The molecular weight excluding hydrogens is 557 g/mol. The summed E-state index contributed by atoms with van der Waals surface area (Å²) in [6.07, 6.45) is 7.65. The molecule has 4 nitrogen and oxygen atoms in total. The van der Waals surface area contributed by atoms with E-state index in [1.165, 1.54) is 30.8 Å². The van der Waals surface area contributed by atoms with Crippen LogP contribution in [0.15, 0.2) is 153 Å². The van der Waals surface area contributed by atoms with Gasteiger partial charge in [0.2, 0.25) is 0 Å². The Balaban J connectivity index is 0.00000198. The van der Waals surface area contributed by atoms with Crippen molar-refractivity contribution < 1.29 is 9.47 Å². The summed E-state index contributed by atoms with van der Waals surface area (Å²) >= 11 is 3.54. The van der Waals surface area contributed by atoms with Crippen molar-refractivity contribution in [2.24, 2.45) is 0 Å². The summed E-state index contributed by atoms with van der Waals surface area (Å²) in [5, 5.41) is 0. The molecule has 0 aromatic heterocycles. The largest absolute Gasteiger partial charge is 0.473 e. The molecule has 42 heavy (non-hydrogen) atoms. The SMILES string of the molecule is C=C/C=C1/OCN(c2ccc(Sc3ccc(Sc4ccc(N5COC(/C=C\C)=C(C)C5)cc4)cc3)cc2)CC1=C.CC. The first-order valence-corrected chi connectivity index (χ1v) is 15.9. The summed E-state index contributed by atoms with van der Waals surface area (Å²) in [6, 6.07) is 26.1. The minimum absolute atomic E-state index is 0.508. The Morgan fingerprint density at radius 1 is 0.714 bits per heavy atom. The van der Waals surface area contributed by atoms with E-state index in [2.05, 4.69) is 103 Å². The molecule has 6 heteroatoms. The van der Waals surface area contributed by atoms with Crippen LogP contribution in [-0.2, 0) is 9.47 Å². The number of hydrogen-bond acceptors (Lipinski definition) is 6. The average Bonchev–Trinajstić information content (AvgIpc) is 3.02. The molecule has 1 saturated heterocycles. The van der Waals surface area contributed by atoms with Crippen molar-refractivity contribution in [3.8, 4) is 0 Å². The van der Waals surface area contributed by atoms with Crippen molar-refractivity contribution in [1.29, 1.82) is 0 Å². The monoisotopic (exact) mass is 596 g/mol. The molecule has 5 rings (SSSR count). The first-order chi connectivity index (χ1) is 20.5. The highest BCUT2D eigenvalue weighted by molar-refractivity contribution is 7.99. The second-order valence-corrected chi connectivity index (χ2v) is 11.9. The lowest BCUT2D eigenvalue weighted by atomic mass is 10.2. The summed E-state index contributed by atoms with van der Waals surface area (Å²) in [4.78, 5) is 9.29. The van der Waals surface area contributed by atoms with Gasteiger partial charge in [0.25, 0.3) is 0 Å². The van der Waals surface area contributed by atoms with E-state index < -0.39 is 0 Å². The van der Waals surface area contributed by atoms with Crippen LogP contribution in [0.5, 0.6) is 0 Å². The van der Waals surface area contributed by atoms with Crippen LogP contribution >= 0.6 is 23.5 Å². The number of rotatable bonds is 8. The molecule has 3 aromatic rings. The van der Waals surface area contributed by atoms with Gasteiger partial charge in [-0.05, 0) is 104 Å². The van der Waals surface area contributed by atoms with Gasteiger partial charge in [0.1, 0.15) is 11.5 Å². The highest BCUT2D eigenvalue weighted by atomic mass is 32.2. The number of benzene rings is 3. The lowest BCUT2D eigenvalue weighted by Crippen LogP contribution is -2.33. The van der Waals surface area contributed by atoms with Gasteiger partial charge in [-0.1, -0.05) is 62.7 Å². The van der Waals surface area contributed by atoms with Crippen LogP contribution in [0.3, 0.4) is 0 Å². The lowest BCUT2D eigenvalue weighted by molar-refractivity contribution is 0.202. The summed E-state index contributed by atoms with van der Waals surface area (Å²) in [7, 11) is 0. The van der Waals surface area contributed by atoms with E-state index in [-0.39, 0.29) is 0 Å². The number of nitrogens with zero attached hydrogens (tertiary/aromatic N) is 2. The molecule has 218 valence electrons. The zero-order chi connectivity index (χ0) is 29.9. The molecule has 0 atom stereocenters. The van der Waals surface area contributed by atoms with Gasteiger partial charge < -0.3 is 19.3 Å². The van der Waals surface area contributed by atoms with Crippen LogP contribution in [0.1, 0.15) is 27.7 Å². The first kappa shape index (κ1) is 31.2. The van der Waals surface area contributed by atoms with Gasteiger partial charge in [0, 0.05) is 49.6 Å². The predicted octanol–water partition coefficient (Wildman–Crippen LogP) is 10.1. The van der Waals surface area contributed by atoms with E-state index in [0.717, 1.165) is 35.9 Å². The summed E-state index contributed by atoms with van der Waals surface area (Å²) in [6.45, 7) is 18.7. The van der Waals surface area contributed by atoms with Crippen LogP contribution in [-0.4, -0.2) is 26.6 Å². The molecule has 0 unspecified atom stereocenters. The Bertz CT molecular complexity index is 1440. The maximum Gasteiger partial charge on any atom is 0.161 e. The molecular formula is C36H40N2O2S2. The lowest BCUT2D eigenvalue weighted by Gasteiger charge is -2.32. The molecule has 3 aromatic carbocycles. The van der Waals surface area contributed by atoms with Crippen LogP contribution in [0.4, 0.5) is 11.4 Å². The number of anilines is 2. The quantitative estimate of drug-likeness (QED) is 0.257. The van der Waals surface area contributed by atoms with Crippen LogP contribution < -0.4 is 9.80 Å². The topological polar surface area (TPSA) is 24.9 Å². The van der Waals surface area contributed by atoms with Crippen LogP contribution in [0.25, 0.3) is 0 Å². The van der Waals surface area contributed by atoms with Gasteiger partial charge in [0.15, 0.2) is 13.5 Å². The smallest absolute Gasteiger partial charge is 0.161 e. The maximum absolute atomic E-state index is 5.92. The molecule has 2 aliphatic rings. The Hall–Kier alpha value is -3.74. The summed E-state index contributed by atoms with van der Waals surface area (Å²) < 4.78 is 11.7. The first-order valence-electron chi connectivity index (χ1n) is 14.3. The average molecular weight is 597 g/mol. The zero-order valence-corrected chi connectivity index (χ0v) is 26.6. The molecule has 0 bridgehead atoms. The summed E-state index contributed by atoms with van der Waals surface area (Å²) in [5.74, 6) is 1.80. The van der Waals surface area contributed by atoms with E-state index in [1.807, 2.05) is 39.0 Å². The molecule has 2 heterocycles. The second-order valence-electron chi connectivity index (χ2n) is 9.62. The van der Waals surface area contributed by atoms with Gasteiger partial charge in [0.05, 0.1) is 0 Å². The van der Waals surface area contributed by atoms with E-state index in [1.54, 1.807) is 29.6 Å². The highest BCUT2D eigenvalue weighted by Gasteiger charge is 2.18. The third-order valence-corrected chi connectivity index (χ3v) is 8.65. The van der Waals surface area contributed by atoms with Crippen LogP contribution in [0, 0.1) is 0 Å². The zero-order valence-electron chi connectivity index (χ0n) is 25.0. The van der Waals surface area contributed by atoms with Gasteiger partial charge in [-0.15, -0.1) is 0 Å². The minimum atomic E-state index is 0.508. The van der Waals surface area contributed by atoms with E-state index in [9.17, 15) is 0 Å². The standard InChI is InChI=1S/C34H34N2O2S2.C2H6/c1-5-7-33-25(3)21-35(23-37-33)27-9-13-29(14-10-27)39-31-17-19-32(20-18-31)40-30-15-11-28(12-16-30)36-22-26(4)34(8-6-2)38-24-36;1-2/h5-20H,1,3,21-24H2,2,4H3;1-2H3/b8-6-,33-7+;. The molecule has 0 radical (unpaired) electrons. The Morgan fingerprint density at radius 3 is 1.60 bits per heavy atom. The Labute approximate surface area is 260 Å². The fraction of sp³-hybridized carbons (Fsp3) is 0.222. The van der Waals surface area contributed by atoms with Crippen molar-refractivity contribution in [2.75, 3.05) is 36.4 Å². The number of hydrogen-bond donors (Lipinski definition) is 0. The van der Waals surface area contributed by atoms with Crippen molar-refractivity contribution >= 4 is 34.9 Å². The van der Waals surface area contributed by atoms with Gasteiger partial charge >= 0.3 is 0 Å². The van der Waals surface area contributed by atoms with Gasteiger partial charge in [-0.3, -0.25) is 0 Å². The fourth-order valence-electron chi connectivity index (χ4n) is 4.53. The second kappa shape index (κ2) is 15.5. The minimum Gasteiger partial charge on any atom is -0.473 e. The highest BCUT2D eigenvalue weighted by Crippen LogP contribution is 2.34. The summed E-state index contributed by atoms with van der Waals surface area (Å²) in [5.41, 5.74) is 4.50. The normalized spacial score (nSPS) is 16.2. The Morgan fingerprint density at radius 2 is 1.17 bits per heavy atom. The molecule has 2 aliphatic heterocycles. The van der Waals surface area contributed by atoms with E-state index in [0.29, 0.717) is 13.5 Å². The number of allylic oxidation sites excluding steroid dienone is 4. The third-order valence-electron chi connectivity index (χ3n) is 6.62. The van der Waals surface area contributed by atoms with Gasteiger partial charge in [-0.2, -0.15) is 0 Å². The third kappa shape index (κ3) is 8.17. The Kier molecular flexibility index (Phi) is 11.5. The molecule has 0 spiro atoms. The fourth-order valence-corrected chi connectivity index (χ4v) is 6.16.